The van der Waals surface area contributed by atoms with Crippen molar-refractivity contribution >= 4 is 0 Å². The number of hydrogen-bond donors (Lipinski definition) is 0. The molecule has 0 unspecified atom stereocenters. The van der Waals surface area contributed by atoms with E-state index in [-0.39, 0.29) is 6.29 Å². The second-order valence-corrected chi connectivity index (χ2v) is 5.49. The maximum absolute atomic E-state index is 5.74. The van der Waals surface area contributed by atoms with Crippen LogP contribution in [0.1, 0.15) is 11.5 Å². The Hall–Kier alpha value is -0.900. The summed E-state index contributed by atoms with van der Waals surface area (Å²) in [6.07, 6.45) is -0.0156. The molecule has 18 heavy (non-hydrogen) atoms. The normalized spacial score (nSPS) is 39.6. The van der Waals surface area contributed by atoms with E-state index in [1.165, 1.54) is 5.56 Å². The first kappa shape index (κ1) is 11.0. The van der Waals surface area contributed by atoms with Gasteiger partial charge in [0.25, 0.3) is 0 Å². The third-order valence-electron chi connectivity index (χ3n) is 4.69. The van der Waals surface area contributed by atoms with Crippen LogP contribution in [0.15, 0.2) is 30.3 Å². The molecule has 1 saturated carbocycles. The van der Waals surface area contributed by atoms with E-state index >= 15 is 0 Å². The Morgan fingerprint density at radius 2 is 1.61 bits per heavy atom. The molecule has 96 valence electrons. The van der Waals surface area contributed by atoms with Crippen LogP contribution < -0.4 is 0 Å². The average molecular weight is 246 g/mol. The second kappa shape index (κ2) is 4.34. The van der Waals surface area contributed by atoms with Gasteiger partial charge in [0.1, 0.15) is 0 Å². The summed E-state index contributed by atoms with van der Waals surface area (Å²) in [6.45, 7) is 3.25. The quantitative estimate of drug-likeness (QED) is 0.799. The van der Waals surface area contributed by atoms with Crippen LogP contribution in [0.4, 0.5) is 0 Å². The first-order valence-corrected chi connectivity index (χ1v) is 6.81. The zero-order valence-corrected chi connectivity index (χ0v) is 10.3. The highest BCUT2D eigenvalue weighted by atomic mass is 16.7. The van der Waals surface area contributed by atoms with Gasteiger partial charge < -0.3 is 14.2 Å². The summed E-state index contributed by atoms with van der Waals surface area (Å²) in [7, 11) is 0. The van der Waals surface area contributed by atoms with E-state index in [1.807, 2.05) is 0 Å². The Kier molecular flexibility index (Phi) is 2.64. The van der Waals surface area contributed by atoms with E-state index in [0.29, 0.717) is 23.7 Å². The van der Waals surface area contributed by atoms with Crippen LogP contribution in [-0.4, -0.2) is 32.7 Å². The van der Waals surface area contributed by atoms with Crippen molar-refractivity contribution in [2.24, 2.45) is 17.8 Å². The molecule has 1 aromatic rings. The van der Waals surface area contributed by atoms with Crippen LogP contribution in [0.2, 0.25) is 0 Å². The Morgan fingerprint density at radius 1 is 0.889 bits per heavy atom. The minimum atomic E-state index is -0.0156. The summed E-state index contributed by atoms with van der Waals surface area (Å²) >= 11 is 0. The molecule has 0 radical (unpaired) electrons. The lowest BCUT2D eigenvalue weighted by Gasteiger charge is -2.49. The molecule has 3 nitrogen and oxygen atoms in total. The zero-order chi connectivity index (χ0) is 11.9. The highest BCUT2D eigenvalue weighted by Gasteiger charge is 2.57. The highest BCUT2D eigenvalue weighted by molar-refractivity contribution is 5.27. The van der Waals surface area contributed by atoms with Gasteiger partial charge in [0.2, 0.25) is 0 Å². The molecule has 2 heterocycles. The van der Waals surface area contributed by atoms with Crippen LogP contribution >= 0.6 is 0 Å². The van der Waals surface area contributed by atoms with E-state index in [2.05, 4.69) is 30.3 Å². The van der Waals surface area contributed by atoms with Crippen molar-refractivity contribution in [2.75, 3.05) is 26.4 Å². The van der Waals surface area contributed by atoms with Gasteiger partial charge in [-0.3, -0.25) is 0 Å². The van der Waals surface area contributed by atoms with Gasteiger partial charge in [-0.05, 0) is 23.3 Å². The third kappa shape index (κ3) is 1.54. The van der Waals surface area contributed by atoms with Crippen LogP contribution in [-0.2, 0) is 14.2 Å². The van der Waals surface area contributed by atoms with E-state index in [1.54, 1.807) is 0 Å². The van der Waals surface area contributed by atoms with Crippen LogP contribution in [0.25, 0.3) is 0 Å². The van der Waals surface area contributed by atoms with Crippen molar-refractivity contribution in [3.63, 3.8) is 0 Å². The summed E-state index contributed by atoms with van der Waals surface area (Å²) in [5.74, 6) is 2.30. The molecule has 2 saturated heterocycles. The molecule has 0 spiro atoms. The third-order valence-corrected chi connectivity index (χ3v) is 4.69. The van der Waals surface area contributed by atoms with Gasteiger partial charge in [-0.15, -0.1) is 0 Å². The number of benzene rings is 1. The molecular weight excluding hydrogens is 228 g/mol. The van der Waals surface area contributed by atoms with Gasteiger partial charge in [-0.2, -0.15) is 0 Å². The number of ether oxygens (including phenoxy) is 3. The van der Waals surface area contributed by atoms with Crippen molar-refractivity contribution in [2.45, 2.75) is 12.2 Å². The molecule has 0 bridgehead atoms. The number of fused-ring (bicyclic) bond motifs is 1. The minimum Gasteiger partial charge on any atom is -0.381 e. The van der Waals surface area contributed by atoms with Gasteiger partial charge in [-0.1, -0.05) is 30.3 Å². The highest BCUT2D eigenvalue weighted by Crippen LogP contribution is 2.57. The summed E-state index contributed by atoms with van der Waals surface area (Å²) in [4.78, 5) is 0. The first-order chi connectivity index (χ1) is 8.95. The molecule has 3 heteroatoms. The minimum absolute atomic E-state index is 0.0156. The maximum Gasteiger partial charge on any atom is 0.161 e. The second-order valence-electron chi connectivity index (χ2n) is 5.49. The Balaban J connectivity index is 1.63. The van der Waals surface area contributed by atoms with Gasteiger partial charge >= 0.3 is 0 Å². The van der Waals surface area contributed by atoms with E-state index in [0.717, 1.165) is 26.4 Å². The molecule has 1 aromatic carbocycles. The van der Waals surface area contributed by atoms with Gasteiger partial charge in [0, 0.05) is 5.92 Å². The molecule has 4 atom stereocenters. The molecule has 3 aliphatic rings. The van der Waals surface area contributed by atoms with Crippen LogP contribution in [0, 0.1) is 17.8 Å². The Labute approximate surface area is 107 Å². The summed E-state index contributed by atoms with van der Waals surface area (Å²) < 4.78 is 17.1. The maximum atomic E-state index is 5.74. The van der Waals surface area contributed by atoms with Crippen molar-refractivity contribution in [1.82, 2.24) is 0 Å². The largest absolute Gasteiger partial charge is 0.381 e. The Bertz CT molecular complexity index is 408. The molecule has 0 aromatic heterocycles. The number of rotatable bonds is 2. The summed E-state index contributed by atoms with van der Waals surface area (Å²) in [6, 6.07) is 10.8. The zero-order valence-electron chi connectivity index (χ0n) is 10.3. The summed E-state index contributed by atoms with van der Waals surface area (Å²) in [5, 5.41) is 0. The average Bonchev–Trinajstić information content (AvgIpc) is 3.03. The van der Waals surface area contributed by atoms with Gasteiger partial charge in [0.15, 0.2) is 6.29 Å². The fourth-order valence-electron chi connectivity index (χ4n) is 3.87. The van der Waals surface area contributed by atoms with Crippen molar-refractivity contribution in [3.8, 4) is 0 Å². The lowest BCUT2D eigenvalue weighted by molar-refractivity contribution is -0.150. The molecule has 4 rings (SSSR count). The van der Waals surface area contributed by atoms with Crippen LogP contribution in [0.3, 0.4) is 0 Å². The fourth-order valence-corrected chi connectivity index (χ4v) is 3.87. The number of hydrogen-bond acceptors (Lipinski definition) is 3. The Morgan fingerprint density at radius 3 is 2.39 bits per heavy atom. The topological polar surface area (TPSA) is 27.7 Å². The molecule has 3 fully saturated rings. The summed E-state index contributed by atoms with van der Waals surface area (Å²) in [5.41, 5.74) is 1.41. The van der Waals surface area contributed by atoms with Crippen LogP contribution in [0.5, 0.6) is 0 Å². The molecular formula is C15H18O3. The fraction of sp³-hybridized carbons (Fsp3) is 0.600. The van der Waals surface area contributed by atoms with E-state index in [9.17, 15) is 0 Å². The predicted molar refractivity (Wildman–Crippen MR) is 66.2 cm³/mol. The smallest absolute Gasteiger partial charge is 0.161 e. The SMILES string of the molecule is c1ccc([C@H]2[C@@H]3COC[C@@H]3[C@H]2C2OCCO2)cc1. The monoisotopic (exact) mass is 246 g/mol. The molecule has 0 amide bonds. The molecule has 0 N–H and O–H groups in total. The van der Waals surface area contributed by atoms with Gasteiger partial charge in [0.05, 0.1) is 26.4 Å². The van der Waals surface area contributed by atoms with Crippen molar-refractivity contribution in [1.29, 1.82) is 0 Å². The van der Waals surface area contributed by atoms with E-state index in [4.69, 9.17) is 14.2 Å². The molecule has 1 aliphatic carbocycles. The lowest BCUT2D eigenvalue weighted by atomic mass is 9.55. The van der Waals surface area contributed by atoms with Gasteiger partial charge in [-0.25, -0.2) is 0 Å². The van der Waals surface area contributed by atoms with Crippen molar-refractivity contribution < 1.29 is 14.2 Å². The molecule has 2 aliphatic heterocycles. The lowest BCUT2D eigenvalue weighted by Crippen LogP contribution is -2.50. The first-order valence-electron chi connectivity index (χ1n) is 6.81. The predicted octanol–water partition coefficient (Wildman–Crippen LogP) is 2.04. The standard InChI is InChI=1S/C15H18O3/c1-2-4-10(5-3-1)13-11-8-16-9-12(11)14(13)15-17-6-7-18-15/h1-5,11-15H,6-9H2/t11-,12+,13+,14-/m1/s1. The van der Waals surface area contributed by atoms with E-state index < -0.39 is 0 Å². The van der Waals surface area contributed by atoms with Crippen molar-refractivity contribution in [3.05, 3.63) is 35.9 Å².